The van der Waals surface area contributed by atoms with Gasteiger partial charge in [0.2, 0.25) is 0 Å². The molecule has 4 heteroatoms. The van der Waals surface area contributed by atoms with Crippen LogP contribution in [0, 0.1) is 0 Å². The summed E-state index contributed by atoms with van der Waals surface area (Å²) in [5, 5.41) is 0. The number of aryl methyl sites for hydroxylation is 1. The van der Waals surface area contributed by atoms with Gasteiger partial charge in [-0.15, -0.1) is 0 Å². The van der Waals surface area contributed by atoms with Crippen LogP contribution in [0.3, 0.4) is 0 Å². The zero-order valence-electron chi connectivity index (χ0n) is 10.7. The molecule has 0 unspecified atom stereocenters. The van der Waals surface area contributed by atoms with Crippen molar-refractivity contribution >= 4 is 6.03 Å². The first-order valence-corrected chi connectivity index (χ1v) is 6.56. The second-order valence-corrected chi connectivity index (χ2v) is 4.76. The molecule has 0 aliphatic carbocycles. The smallest absolute Gasteiger partial charge is 0.314 e. The van der Waals surface area contributed by atoms with Crippen LogP contribution in [0.5, 0.6) is 0 Å². The number of carbonyl (C=O) groups excluding carboxylic acids is 1. The lowest BCUT2D eigenvalue weighted by Gasteiger charge is -2.33. The highest BCUT2D eigenvalue weighted by Crippen LogP contribution is 2.06. The van der Waals surface area contributed by atoms with Crippen LogP contribution in [0.15, 0.2) is 30.3 Å². The molecule has 0 aromatic heterocycles. The molecule has 1 aromatic rings. The molecule has 4 nitrogen and oxygen atoms in total. The summed E-state index contributed by atoms with van der Waals surface area (Å²) in [4.78, 5) is 15.1. The number of piperazine rings is 1. The molecule has 1 aliphatic heterocycles. The summed E-state index contributed by atoms with van der Waals surface area (Å²) in [6.45, 7) is 4.51. The summed E-state index contributed by atoms with van der Waals surface area (Å²) in [5.41, 5.74) is 6.65. The van der Waals surface area contributed by atoms with Gasteiger partial charge in [-0.25, -0.2) is 4.79 Å². The lowest BCUT2D eigenvalue weighted by Crippen LogP contribution is -2.50. The van der Waals surface area contributed by atoms with Crippen molar-refractivity contribution in [2.45, 2.75) is 12.8 Å². The van der Waals surface area contributed by atoms with E-state index in [4.69, 9.17) is 5.73 Å². The lowest BCUT2D eigenvalue weighted by atomic mass is 10.1. The SMILES string of the molecule is NC(=O)N1CCN(CCCc2ccccc2)CC1. The van der Waals surface area contributed by atoms with Crippen LogP contribution in [-0.4, -0.2) is 48.6 Å². The third-order valence-corrected chi connectivity index (χ3v) is 3.47. The number of nitrogens with zero attached hydrogens (tertiary/aromatic N) is 2. The van der Waals surface area contributed by atoms with Gasteiger partial charge in [-0.1, -0.05) is 30.3 Å². The molecule has 1 aromatic carbocycles. The van der Waals surface area contributed by atoms with Crippen LogP contribution in [0.25, 0.3) is 0 Å². The minimum atomic E-state index is -0.293. The first kappa shape index (κ1) is 12.9. The molecule has 0 spiro atoms. The minimum absolute atomic E-state index is 0.293. The Morgan fingerprint density at radius 2 is 1.78 bits per heavy atom. The highest BCUT2D eigenvalue weighted by atomic mass is 16.2. The molecule has 2 rings (SSSR count). The van der Waals surface area contributed by atoms with Gasteiger partial charge in [0.25, 0.3) is 0 Å². The van der Waals surface area contributed by atoms with Gasteiger partial charge in [0.15, 0.2) is 0 Å². The molecule has 2 amide bonds. The maximum atomic E-state index is 11.0. The van der Waals surface area contributed by atoms with Crippen LogP contribution >= 0.6 is 0 Å². The highest BCUT2D eigenvalue weighted by Gasteiger charge is 2.18. The fourth-order valence-corrected chi connectivity index (χ4v) is 2.34. The molecule has 0 bridgehead atoms. The van der Waals surface area contributed by atoms with E-state index in [0.717, 1.165) is 39.1 Å². The van der Waals surface area contributed by atoms with E-state index in [2.05, 4.69) is 29.2 Å². The first-order valence-electron chi connectivity index (χ1n) is 6.56. The largest absolute Gasteiger partial charge is 0.351 e. The third kappa shape index (κ3) is 3.74. The van der Waals surface area contributed by atoms with Gasteiger partial charge in [-0.05, 0) is 24.9 Å². The number of amides is 2. The van der Waals surface area contributed by atoms with E-state index in [1.54, 1.807) is 4.90 Å². The van der Waals surface area contributed by atoms with E-state index in [1.165, 1.54) is 12.0 Å². The van der Waals surface area contributed by atoms with Crippen LogP contribution < -0.4 is 5.73 Å². The first-order chi connectivity index (χ1) is 8.75. The van der Waals surface area contributed by atoms with Gasteiger partial charge in [0.1, 0.15) is 0 Å². The van der Waals surface area contributed by atoms with Crippen LogP contribution in [-0.2, 0) is 6.42 Å². The lowest BCUT2D eigenvalue weighted by molar-refractivity contribution is 0.144. The van der Waals surface area contributed by atoms with Gasteiger partial charge in [-0.3, -0.25) is 4.90 Å². The molecule has 0 atom stereocenters. The molecule has 1 heterocycles. The van der Waals surface area contributed by atoms with Crippen molar-refractivity contribution in [1.29, 1.82) is 0 Å². The summed E-state index contributed by atoms with van der Waals surface area (Å²) >= 11 is 0. The molecule has 0 radical (unpaired) electrons. The summed E-state index contributed by atoms with van der Waals surface area (Å²) in [5.74, 6) is 0. The molecule has 98 valence electrons. The predicted octanol–water partition coefficient (Wildman–Crippen LogP) is 1.32. The number of rotatable bonds is 4. The topological polar surface area (TPSA) is 49.6 Å². The van der Waals surface area contributed by atoms with Crippen LogP contribution in [0.1, 0.15) is 12.0 Å². The molecule has 1 saturated heterocycles. The monoisotopic (exact) mass is 247 g/mol. The van der Waals surface area contributed by atoms with Gasteiger partial charge >= 0.3 is 6.03 Å². The Morgan fingerprint density at radius 3 is 2.39 bits per heavy atom. The summed E-state index contributed by atoms with van der Waals surface area (Å²) < 4.78 is 0. The quantitative estimate of drug-likeness (QED) is 0.872. The van der Waals surface area contributed by atoms with Gasteiger partial charge < -0.3 is 10.6 Å². The van der Waals surface area contributed by atoms with Crippen molar-refractivity contribution in [3.63, 3.8) is 0 Å². The van der Waals surface area contributed by atoms with E-state index in [0.29, 0.717) is 0 Å². The van der Waals surface area contributed by atoms with E-state index in [-0.39, 0.29) is 6.03 Å². The summed E-state index contributed by atoms with van der Waals surface area (Å²) in [6, 6.07) is 10.3. The van der Waals surface area contributed by atoms with Crippen molar-refractivity contribution in [2.75, 3.05) is 32.7 Å². The van der Waals surface area contributed by atoms with Crippen molar-refractivity contribution in [3.8, 4) is 0 Å². The zero-order valence-corrected chi connectivity index (χ0v) is 10.7. The molecule has 1 fully saturated rings. The van der Waals surface area contributed by atoms with Crippen molar-refractivity contribution in [2.24, 2.45) is 5.73 Å². The molecular formula is C14H21N3O. The Kier molecular flexibility index (Phi) is 4.59. The molecule has 1 aliphatic rings. The van der Waals surface area contributed by atoms with Crippen LogP contribution in [0.2, 0.25) is 0 Å². The Hall–Kier alpha value is -1.55. The Bertz CT molecular complexity index is 372. The molecule has 18 heavy (non-hydrogen) atoms. The number of nitrogens with two attached hydrogens (primary N) is 1. The predicted molar refractivity (Wildman–Crippen MR) is 72.4 cm³/mol. The molecule has 2 N–H and O–H groups in total. The molecule has 0 saturated carbocycles. The number of primary amides is 1. The second kappa shape index (κ2) is 6.40. The van der Waals surface area contributed by atoms with Crippen molar-refractivity contribution in [3.05, 3.63) is 35.9 Å². The zero-order chi connectivity index (χ0) is 12.8. The number of hydrogen-bond donors (Lipinski definition) is 1. The third-order valence-electron chi connectivity index (χ3n) is 3.47. The number of benzene rings is 1. The summed E-state index contributed by atoms with van der Waals surface area (Å²) in [7, 11) is 0. The Balaban J connectivity index is 1.65. The average molecular weight is 247 g/mol. The van der Waals surface area contributed by atoms with Crippen molar-refractivity contribution < 1.29 is 4.79 Å². The van der Waals surface area contributed by atoms with Gasteiger partial charge in [-0.2, -0.15) is 0 Å². The minimum Gasteiger partial charge on any atom is -0.351 e. The maximum Gasteiger partial charge on any atom is 0.314 e. The fraction of sp³-hybridized carbons (Fsp3) is 0.500. The van der Waals surface area contributed by atoms with Gasteiger partial charge in [0.05, 0.1) is 0 Å². The Morgan fingerprint density at radius 1 is 1.11 bits per heavy atom. The number of carbonyl (C=O) groups is 1. The number of hydrogen-bond acceptors (Lipinski definition) is 2. The Labute approximate surface area is 108 Å². The van der Waals surface area contributed by atoms with E-state index >= 15 is 0 Å². The fourth-order valence-electron chi connectivity index (χ4n) is 2.34. The van der Waals surface area contributed by atoms with Gasteiger partial charge in [0, 0.05) is 26.2 Å². The standard InChI is InChI=1S/C14H21N3O/c15-14(18)17-11-9-16(10-12-17)8-4-7-13-5-2-1-3-6-13/h1-3,5-6H,4,7-12H2,(H2,15,18). The summed E-state index contributed by atoms with van der Waals surface area (Å²) in [6.07, 6.45) is 2.29. The normalized spacial score (nSPS) is 16.8. The van der Waals surface area contributed by atoms with E-state index in [1.807, 2.05) is 6.07 Å². The number of urea groups is 1. The van der Waals surface area contributed by atoms with Crippen molar-refractivity contribution in [1.82, 2.24) is 9.80 Å². The van der Waals surface area contributed by atoms with E-state index in [9.17, 15) is 4.79 Å². The average Bonchev–Trinajstić information content (AvgIpc) is 2.40. The molecular weight excluding hydrogens is 226 g/mol. The van der Waals surface area contributed by atoms with Crippen LogP contribution in [0.4, 0.5) is 4.79 Å². The highest BCUT2D eigenvalue weighted by molar-refractivity contribution is 5.72. The maximum absolute atomic E-state index is 11.0. The van der Waals surface area contributed by atoms with E-state index < -0.39 is 0 Å². The second-order valence-electron chi connectivity index (χ2n) is 4.76.